The van der Waals surface area contributed by atoms with Crippen LogP contribution in [0.3, 0.4) is 0 Å². The Labute approximate surface area is 149 Å². The molecule has 130 valence electrons. The lowest BCUT2D eigenvalue weighted by molar-refractivity contribution is 0.505. The fourth-order valence-electron chi connectivity index (χ4n) is 4.55. The van der Waals surface area contributed by atoms with Gasteiger partial charge in [-0.3, -0.25) is 4.98 Å². The zero-order valence-electron chi connectivity index (χ0n) is 15.3. The second-order valence-electron chi connectivity index (χ2n) is 7.37. The van der Waals surface area contributed by atoms with Crippen molar-refractivity contribution in [1.29, 1.82) is 5.26 Å². The molecular formula is C20H25N5. The predicted octanol–water partition coefficient (Wildman–Crippen LogP) is 3.41. The third-order valence-corrected chi connectivity index (χ3v) is 5.64. The number of hydrogen-bond donors (Lipinski definition) is 0. The van der Waals surface area contributed by atoms with Crippen molar-refractivity contribution in [2.75, 3.05) is 18.0 Å². The fraction of sp³-hybridized carbons (Fsp3) is 0.550. The number of anilines is 1. The van der Waals surface area contributed by atoms with E-state index >= 15 is 0 Å². The summed E-state index contributed by atoms with van der Waals surface area (Å²) in [6.07, 6.45) is 5.93. The molecule has 1 fully saturated rings. The quantitative estimate of drug-likeness (QED) is 0.844. The van der Waals surface area contributed by atoms with Crippen LogP contribution in [0.2, 0.25) is 0 Å². The van der Waals surface area contributed by atoms with Crippen LogP contribution in [-0.4, -0.2) is 27.6 Å². The Kier molecular flexibility index (Phi) is 3.99. The van der Waals surface area contributed by atoms with Crippen LogP contribution in [0.15, 0.2) is 6.07 Å². The van der Waals surface area contributed by atoms with Gasteiger partial charge in [0.25, 0.3) is 0 Å². The van der Waals surface area contributed by atoms with Gasteiger partial charge in [0.15, 0.2) is 0 Å². The van der Waals surface area contributed by atoms with Crippen molar-refractivity contribution in [3.05, 3.63) is 40.2 Å². The Bertz CT molecular complexity index is 858. The average molecular weight is 335 g/mol. The van der Waals surface area contributed by atoms with E-state index in [2.05, 4.69) is 33.5 Å². The molecule has 3 heterocycles. The van der Waals surface area contributed by atoms with Crippen LogP contribution in [0.5, 0.6) is 0 Å². The second-order valence-corrected chi connectivity index (χ2v) is 7.37. The summed E-state index contributed by atoms with van der Waals surface area (Å²) in [7, 11) is 0. The molecule has 2 aliphatic rings. The highest BCUT2D eigenvalue weighted by Gasteiger charge is 2.30. The number of aromatic nitrogens is 3. The summed E-state index contributed by atoms with van der Waals surface area (Å²) in [5.74, 6) is 1.15. The van der Waals surface area contributed by atoms with Crippen molar-refractivity contribution in [1.82, 2.24) is 14.5 Å². The van der Waals surface area contributed by atoms with Crippen molar-refractivity contribution in [3.63, 3.8) is 0 Å². The zero-order valence-corrected chi connectivity index (χ0v) is 15.3. The lowest BCUT2D eigenvalue weighted by Gasteiger charge is -2.23. The van der Waals surface area contributed by atoms with Crippen LogP contribution >= 0.6 is 0 Å². The summed E-state index contributed by atoms with van der Waals surface area (Å²) in [4.78, 5) is 11.7. The number of hydrogen-bond acceptors (Lipinski definition) is 4. The van der Waals surface area contributed by atoms with E-state index in [1.165, 1.54) is 24.2 Å². The van der Waals surface area contributed by atoms with E-state index in [9.17, 15) is 5.26 Å². The number of fused-ring (bicyclic) bond motifs is 1. The molecule has 0 aromatic carbocycles. The van der Waals surface area contributed by atoms with Crippen LogP contribution in [0, 0.1) is 32.1 Å². The first kappa shape index (κ1) is 16.1. The van der Waals surface area contributed by atoms with Gasteiger partial charge in [-0.05, 0) is 58.9 Å². The third kappa shape index (κ3) is 2.70. The Hall–Kier alpha value is -2.35. The van der Waals surface area contributed by atoms with Crippen LogP contribution in [0.25, 0.3) is 0 Å². The highest BCUT2D eigenvalue weighted by atomic mass is 15.2. The van der Waals surface area contributed by atoms with Crippen LogP contribution < -0.4 is 4.90 Å². The maximum Gasteiger partial charge on any atom is 0.106 e. The normalized spacial score (nSPS) is 19.8. The van der Waals surface area contributed by atoms with Gasteiger partial charge in [-0.15, -0.1) is 0 Å². The Morgan fingerprint density at radius 3 is 2.76 bits per heavy atom. The van der Waals surface area contributed by atoms with E-state index in [0.29, 0.717) is 6.04 Å². The summed E-state index contributed by atoms with van der Waals surface area (Å²) in [5, 5.41) is 9.57. The molecule has 1 aliphatic heterocycles. The van der Waals surface area contributed by atoms with Gasteiger partial charge in [-0.1, -0.05) is 0 Å². The number of pyridine rings is 1. The molecule has 0 radical (unpaired) electrons. The van der Waals surface area contributed by atoms with E-state index in [1.807, 2.05) is 13.8 Å². The van der Waals surface area contributed by atoms with E-state index in [1.54, 1.807) is 0 Å². The van der Waals surface area contributed by atoms with Gasteiger partial charge in [0, 0.05) is 24.5 Å². The minimum absolute atomic E-state index is 0.453. The zero-order chi connectivity index (χ0) is 17.6. The number of aryl methyl sites for hydroxylation is 4. The summed E-state index contributed by atoms with van der Waals surface area (Å²) >= 11 is 0. The molecule has 2 aromatic rings. The minimum atomic E-state index is 0.453. The molecule has 1 unspecified atom stereocenters. The summed E-state index contributed by atoms with van der Waals surface area (Å²) < 4.78 is 2.49. The molecule has 25 heavy (non-hydrogen) atoms. The van der Waals surface area contributed by atoms with Gasteiger partial charge < -0.3 is 9.47 Å². The summed E-state index contributed by atoms with van der Waals surface area (Å²) in [6.45, 7) is 8.00. The Morgan fingerprint density at radius 1 is 1.16 bits per heavy atom. The Morgan fingerprint density at radius 2 is 1.96 bits per heavy atom. The Balaban J connectivity index is 1.65. The van der Waals surface area contributed by atoms with Crippen molar-refractivity contribution in [3.8, 4) is 6.07 Å². The monoisotopic (exact) mass is 335 g/mol. The van der Waals surface area contributed by atoms with Crippen molar-refractivity contribution in [2.45, 2.75) is 58.9 Å². The molecule has 1 aliphatic carbocycles. The largest absolute Gasteiger partial charge is 0.368 e. The molecular weight excluding hydrogens is 310 g/mol. The highest BCUT2D eigenvalue weighted by Crippen LogP contribution is 2.34. The van der Waals surface area contributed by atoms with Gasteiger partial charge in [-0.2, -0.15) is 5.26 Å². The van der Waals surface area contributed by atoms with Gasteiger partial charge in [0.2, 0.25) is 0 Å². The standard InChI is InChI=1S/C20H25N5/c1-13-10-20(17(11-21)14(2)22-13)24-9-8-16(12-24)25-15(3)23-18-6-4-5-7-19(18)25/h10,16H,4-9,12H2,1-3H3. The molecule has 0 bridgehead atoms. The maximum atomic E-state index is 9.57. The average Bonchev–Trinajstić information content (AvgIpc) is 3.17. The van der Waals surface area contributed by atoms with Crippen LogP contribution in [0.1, 0.15) is 59.5 Å². The topological polar surface area (TPSA) is 57.7 Å². The van der Waals surface area contributed by atoms with Crippen LogP contribution in [0.4, 0.5) is 5.69 Å². The first-order valence-electron chi connectivity index (χ1n) is 9.28. The third-order valence-electron chi connectivity index (χ3n) is 5.64. The highest BCUT2D eigenvalue weighted by molar-refractivity contribution is 5.62. The fourth-order valence-corrected chi connectivity index (χ4v) is 4.55. The number of imidazole rings is 1. The molecule has 5 nitrogen and oxygen atoms in total. The molecule has 4 rings (SSSR count). The van der Waals surface area contributed by atoms with Gasteiger partial charge >= 0.3 is 0 Å². The smallest absolute Gasteiger partial charge is 0.106 e. The van der Waals surface area contributed by atoms with E-state index in [4.69, 9.17) is 4.98 Å². The number of nitriles is 1. The van der Waals surface area contributed by atoms with Crippen LogP contribution in [-0.2, 0) is 12.8 Å². The summed E-state index contributed by atoms with van der Waals surface area (Å²) in [6, 6.07) is 4.87. The van der Waals surface area contributed by atoms with E-state index < -0.39 is 0 Å². The van der Waals surface area contributed by atoms with Gasteiger partial charge in [0.1, 0.15) is 11.9 Å². The molecule has 0 spiro atoms. The first-order valence-corrected chi connectivity index (χ1v) is 9.28. The predicted molar refractivity (Wildman–Crippen MR) is 97.9 cm³/mol. The van der Waals surface area contributed by atoms with Crippen molar-refractivity contribution in [2.24, 2.45) is 0 Å². The SMILES string of the molecule is Cc1cc(N2CCC(n3c(C)nc4c3CCCC4)C2)c(C#N)c(C)n1. The minimum Gasteiger partial charge on any atom is -0.368 e. The molecule has 0 N–H and O–H groups in total. The molecule has 5 heteroatoms. The molecule has 0 saturated carbocycles. The van der Waals surface area contributed by atoms with Gasteiger partial charge in [-0.25, -0.2) is 4.98 Å². The van der Waals surface area contributed by atoms with Crippen molar-refractivity contribution < 1.29 is 0 Å². The number of nitrogens with zero attached hydrogens (tertiary/aromatic N) is 5. The number of rotatable bonds is 2. The second kappa shape index (κ2) is 6.18. The maximum absolute atomic E-state index is 9.57. The first-order chi connectivity index (χ1) is 12.1. The van der Waals surface area contributed by atoms with E-state index in [-0.39, 0.29) is 0 Å². The molecule has 0 amide bonds. The molecule has 2 aromatic heterocycles. The van der Waals surface area contributed by atoms with Gasteiger partial charge in [0.05, 0.1) is 28.7 Å². The molecule has 1 saturated heterocycles. The lowest BCUT2D eigenvalue weighted by Crippen LogP contribution is -2.24. The van der Waals surface area contributed by atoms with E-state index in [0.717, 1.165) is 60.8 Å². The summed E-state index contributed by atoms with van der Waals surface area (Å²) in [5.41, 5.74) is 6.34. The van der Waals surface area contributed by atoms with Crippen molar-refractivity contribution >= 4 is 5.69 Å². The lowest BCUT2D eigenvalue weighted by atomic mass is 10.0. The molecule has 1 atom stereocenters.